The highest BCUT2D eigenvalue weighted by atomic mass is 16.7. The Morgan fingerprint density at radius 1 is 0.833 bits per heavy atom. The number of nitrogens with zero attached hydrogens (tertiary/aromatic N) is 3. The van der Waals surface area contributed by atoms with E-state index in [0.717, 1.165) is 11.1 Å². The number of benzene rings is 3. The maximum Gasteiger partial charge on any atom is 0.219 e. The molecule has 0 radical (unpaired) electrons. The van der Waals surface area contributed by atoms with Gasteiger partial charge in [0, 0.05) is 12.5 Å². The van der Waals surface area contributed by atoms with Crippen molar-refractivity contribution in [2.24, 2.45) is 10.8 Å². The Morgan fingerprint density at radius 3 is 2.06 bits per heavy atom. The molecule has 7 nitrogen and oxygen atoms in total. The predicted octanol–water partition coefficient (Wildman–Crippen LogP) is 5.48. The van der Waals surface area contributed by atoms with Crippen LogP contribution in [-0.4, -0.2) is 18.8 Å². The first-order chi connectivity index (χ1) is 17.4. The summed E-state index contributed by atoms with van der Waals surface area (Å²) in [5.41, 5.74) is -0.980. The smallest absolute Gasteiger partial charge is 0.219 e. The maximum absolute atomic E-state index is 10.6. The summed E-state index contributed by atoms with van der Waals surface area (Å²) in [5.74, 6) is -2.47. The number of fused-ring (bicyclic) bond motifs is 2. The molecule has 176 valence electrons. The van der Waals surface area contributed by atoms with E-state index in [9.17, 15) is 15.8 Å². The van der Waals surface area contributed by atoms with Gasteiger partial charge in [-0.05, 0) is 22.8 Å². The van der Waals surface area contributed by atoms with Crippen LogP contribution in [0.3, 0.4) is 0 Å². The first-order valence-electron chi connectivity index (χ1n) is 11.4. The molecule has 2 aliphatic heterocycles. The van der Waals surface area contributed by atoms with E-state index in [0.29, 0.717) is 16.9 Å². The Hall–Kier alpha value is -4.64. The van der Waals surface area contributed by atoms with Crippen LogP contribution in [0.4, 0.5) is 0 Å². The second-order valence-electron chi connectivity index (χ2n) is 9.06. The van der Waals surface area contributed by atoms with Crippen LogP contribution in [-0.2, 0) is 9.47 Å². The van der Waals surface area contributed by atoms with Gasteiger partial charge >= 0.3 is 0 Å². The Kier molecular flexibility index (Phi) is 5.29. The Balaban J connectivity index is 1.71. The zero-order valence-corrected chi connectivity index (χ0v) is 19.7. The fraction of sp³-hybridized carbons (Fsp3) is 0.241. The lowest BCUT2D eigenvalue weighted by atomic mass is 9.52. The van der Waals surface area contributed by atoms with E-state index in [4.69, 9.17) is 19.6 Å². The normalized spacial score (nSPS) is 27.7. The lowest BCUT2D eigenvalue weighted by Gasteiger charge is -2.49. The highest BCUT2D eigenvalue weighted by Crippen LogP contribution is 2.70. The lowest BCUT2D eigenvalue weighted by molar-refractivity contribution is -0.253. The van der Waals surface area contributed by atoms with E-state index in [2.05, 4.69) is 18.2 Å². The third kappa shape index (κ3) is 2.89. The van der Waals surface area contributed by atoms with Crippen LogP contribution in [0.2, 0.25) is 0 Å². The highest BCUT2D eigenvalue weighted by Gasteiger charge is 2.80. The molecular weight excluding hydrogens is 452 g/mol. The summed E-state index contributed by atoms with van der Waals surface area (Å²) in [7, 11) is 1.50. The molecular formula is C29H22N4O3. The predicted molar refractivity (Wildman–Crippen MR) is 130 cm³/mol. The number of rotatable bonds is 4. The molecule has 4 atom stereocenters. The molecule has 0 aromatic heterocycles. The SMILES string of the molecule is COc1ccccc1C1C2(C)OC(=N)C1(C#N)C(C#N)(C#N)C(c1ccc(-c3ccccc3)cc1)O2. The van der Waals surface area contributed by atoms with E-state index >= 15 is 0 Å². The van der Waals surface area contributed by atoms with E-state index in [1.54, 1.807) is 43.3 Å². The number of hydrogen-bond donors (Lipinski definition) is 1. The van der Waals surface area contributed by atoms with Gasteiger partial charge in [-0.3, -0.25) is 5.41 Å². The van der Waals surface area contributed by atoms with Crippen molar-refractivity contribution < 1.29 is 14.2 Å². The molecule has 1 N–H and O–H groups in total. The Bertz CT molecular complexity index is 1450. The number of hydrogen-bond acceptors (Lipinski definition) is 7. The van der Waals surface area contributed by atoms with Crippen molar-refractivity contribution in [1.82, 2.24) is 0 Å². The minimum atomic E-state index is -2.07. The fourth-order valence-electron chi connectivity index (χ4n) is 5.64. The molecule has 2 bridgehead atoms. The van der Waals surface area contributed by atoms with Gasteiger partial charge in [-0.15, -0.1) is 0 Å². The fourth-order valence-corrected chi connectivity index (χ4v) is 5.64. The monoisotopic (exact) mass is 474 g/mol. The minimum absolute atomic E-state index is 0.450. The zero-order chi connectivity index (χ0) is 25.6. The molecule has 3 aromatic rings. The van der Waals surface area contributed by atoms with Crippen LogP contribution in [0.25, 0.3) is 11.1 Å². The molecule has 0 amide bonds. The van der Waals surface area contributed by atoms with Gasteiger partial charge in [0.25, 0.3) is 0 Å². The topological polar surface area (TPSA) is 123 Å². The summed E-state index contributed by atoms with van der Waals surface area (Å²) in [5, 5.41) is 40.4. The maximum atomic E-state index is 10.6. The van der Waals surface area contributed by atoms with Crippen molar-refractivity contribution in [3.63, 3.8) is 0 Å². The summed E-state index contributed by atoms with van der Waals surface area (Å²) in [6.07, 6.45) is -1.14. The van der Waals surface area contributed by atoms with Gasteiger partial charge < -0.3 is 14.2 Å². The highest BCUT2D eigenvalue weighted by molar-refractivity contribution is 5.90. The molecule has 2 fully saturated rings. The van der Waals surface area contributed by atoms with Gasteiger partial charge in [0.15, 0.2) is 5.41 Å². The van der Waals surface area contributed by atoms with Crippen LogP contribution in [0.1, 0.15) is 30.1 Å². The number of ether oxygens (including phenoxy) is 3. The molecule has 2 saturated heterocycles. The molecule has 2 aliphatic rings. The first kappa shape index (κ1) is 23.1. The minimum Gasteiger partial charge on any atom is -0.496 e. The van der Waals surface area contributed by atoms with Gasteiger partial charge in [-0.1, -0.05) is 72.8 Å². The van der Waals surface area contributed by atoms with E-state index in [1.165, 1.54) is 7.11 Å². The van der Waals surface area contributed by atoms with Crippen molar-refractivity contribution in [2.75, 3.05) is 7.11 Å². The number of nitrogens with one attached hydrogen (secondary N) is 1. The second-order valence-corrected chi connectivity index (χ2v) is 9.06. The lowest BCUT2D eigenvalue weighted by Crippen LogP contribution is -2.57. The molecule has 0 saturated carbocycles. The van der Waals surface area contributed by atoms with Crippen molar-refractivity contribution >= 4 is 5.90 Å². The average molecular weight is 475 g/mol. The number of para-hydroxylation sites is 1. The number of nitriles is 3. The Labute approximate surface area is 209 Å². The van der Waals surface area contributed by atoms with Crippen molar-refractivity contribution in [3.8, 4) is 35.1 Å². The Morgan fingerprint density at radius 2 is 1.44 bits per heavy atom. The number of methoxy groups -OCH3 is 1. The van der Waals surface area contributed by atoms with Crippen LogP contribution in [0.15, 0.2) is 78.9 Å². The summed E-state index contributed by atoms with van der Waals surface area (Å²) < 4.78 is 17.9. The summed E-state index contributed by atoms with van der Waals surface area (Å²) in [6, 6.07) is 30.5. The van der Waals surface area contributed by atoms with Gasteiger partial charge in [0.05, 0.1) is 31.2 Å². The summed E-state index contributed by atoms with van der Waals surface area (Å²) in [6.45, 7) is 1.64. The largest absolute Gasteiger partial charge is 0.496 e. The van der Waals surface area contributed by atoms with Crippen LogP contribution in [0, 0.1) is 50.2 Å². The van der Waals surface area contributed by atoms with Crippen LogP contribution in [0.5, 0.6) is 5.75 Å². The molecule has 7 heteroatoms. The van der Waals surface area contributed by atoms with E-state index in [1.807, 2.05) is 42.5 Å². The van der Waals surface area contributed by atoms with E-state index < -0.39 is 34.5 Å². The molecule has 0 aliphatic carbocycles. The molecule has 2 heterocycles. The molecule has 0 spiro atoms. The third-order valence-corrected chi connectivity index (χ3v) is 7.29. The van der Waals surface area contributed by atoms with E-state index in [-0.39, 0.29) is 0 Å². The molecule has 36 heavy (non-hydrogen) atoms. The van der Waals surface area contributed by atoms with Gasteiger partial charge in [0.2, 0.25) is 17.1 Å². The molecule has 4 unspecified atom stereocenters. The zero-order valence-electron chi connectivity index (χ0n) is 19.7. The second kappa shape index (κ2) is 8.24. The van der Waals surface area contributed by atoms with Crippen LogP contribution >= 0.6 is 0 Å². The summed E-state index contributed by atoms with van der Waals surface area (Å²) >= 11 is 0. The van der Waals surface area contributed by atoms with Gasteiger partial charge in [-0.25, -0.2) is 0 Å². The molecule has 5 rings (SSSR count). The van der Waals surface area contributed by atoms with Crippen LogP contribution < -0.4 is 4.74 Å². The van der Waals surface area contributed by atoms with Gasteiger partial charge in [-0.2, -0.15) is 15.8 Å². The third-order valence-electron chi connectivity index (χ3n) is 7.29. The van der Waals surface area contributed by atoms with Gasteiger partial charge in [0.1, 0.15) is 11.9 Å². The molecule has 3 aromatic carbocycles. The average Bonchev–Trinajstić information content (AvgIpc) is 3.11. The van der Waals surface area contributed by atoms with Crippen molar-refractivity contribution in [2.45, 2.75) is 24.7 Å². The summed E-state index contributed by atoms with van der Waals surface area (Å²) in [4.78, 5) is 0. The standard InChI is InChI=1S/C29H22N4O3/c1-27-24(22-10-6-7-11-23(22)34-2)29(18-32,26(33)36-27)28(16-30,17-31)25(35-27)21-14-12-20(13-15-21)19-8-4-3-5-9-19/h3-15,24-25,33H,1-2H3. The van der Waals surface area contributed by atoms with Crippen molar-refractivity contribution in [3.05, 3.63) is 90.0 Å². The van der Waals surface area contributed by atoms with Crippen molar-refractivity contribution in [1.29, 1.82) is 21.2 Å². The quantitative estimate of drug-likeness (QED) is 0.534. The first-order valence-corrected chi connectivity index (χ1v) is 11.4.